The number of nitrogens with zero attached hydrogens (tertiary/aromatic N) is 1. The molecule has 3 rings (SSSR count). The molecule has 5 nitrogen and oxygen atoms in total. The monoisotopic (exact) mass is 364 g/mol. The summed E-state index contributed by atoms with van der Waals surface area (Å²) in [5.74, 6) is -0.0236. The first kappa shape index (κ1) is 19.0. The number of H-pyrrole nitrogens is 1. The molecule has 0 unspecified atom stereocenters. The molecule has 0 spiro atoms. The van der Waals surface area contributed by atoms with Gasteiger partial charge in [0.2, 0.25) is 5.91 Å². The summed E-state index contributed by atoms with van der Waals surface area (Å²) in [5.41, 5.74) is 4.42. The number of amides is 1. The van der Waals surface area contributed by atoms with Gasteiger partial charge in [-0.15, -0.1) is 0 Å². The summed E-state index contributed by atoms with van der Waals surface area (Å²) in [6, 6.07) is 16.3. The summed E-state index contributed by atoms with van der Waals surface area (Å²) in [6.45, 7) is 7.30. The van der Waals surface area contributed by atoms with Gasteiger partial charge in [0.1, 0.15) is 0 Å². The fourth-order valence-electron chi connectivity index (χ4n) is 3.31. The summed E-state index contributed by atoms with van der Waals surface area (Å²) < 4.78 is 0. The van der Waals surface area contributed by atoms with Crippen molar-refractivity contribution in [2.24, 2.45) is 0 Å². The largest absolute Gasteiger partial charge is 0.372 e. The van der Waals surface area contributed by atoms with E-state index in [1.807, 2.05) is 42.6 Å². The van der Waals surface area contributed by atoms with Gasteiger partial charge in [-0.05, 0) is 62.7 Å². The van der Waals surface area contributed by atoms with Crippen LogP contribution in [0.5, 0.6) is 0 Å². The van der Waals surface area contributed by atoms with Gasteiger partial charge in [0.05, 0.1) is 6.54 Å². The second kappa shape index (κ2) is 9.24. The van der Waals surface area contributed by atoms with Crippen LogP contribution in [0.15, 0.2) is 54.7 Å². The molecule has 0 saturated carbocycles. The Kier molecular flexibility index (Phi) is 6.49. The fraction of sp³-hybridized carbons (Fsp3) is 0.318. The number of fused-ring (bicyclic) bond motifs is 1. The Morgan fingerprint density at radius 2 is 1.78 bits per heavy atom. The second-order valence-corrected chi connectivity index (χ2v) is 6.55. The van der Waals surface area contributed by atoms with Crippen molar-refractivity contribution in [3.05, 3.63) is 60.3 Å². The molecular formula is C22H28N4O. The molecular weight excluding hydrogens is 336 g/mol. The van der Waals surface area contributed by atoms with Crippen LogP contribution < -0.4 is 15.5 Å². The number of hydrogen-bond acceptors (Lipinski definition) is 3. The van der Waals surface area contributed by atoms with Gasteiger partial charge in [0.15, 0.2) is 0 Å². The molecule has 1 aromatic heterocycles. The van der Waals surface area contributed by atoms with Crippen LogP contribution in [0.4, 0.5) is 11.4 Å². The van der Waals surface area contributed by atoms with E-state index < -0.39 is 0 Å². The van der Waals surface area contributed by atoms with E-state index in [0.29, 0.717) is 6.54 Å². The first-order chi connectivity index (χ1) is 13.2. The van der Waals surface area contributed by atoms with Crippen LogP contribution >= 0.6 is 0 Å². The Morgan fingerprint density at radius 3 is 2.52 bits per heavy atom. The third-order valence-electron chi connectivity index (χ3n) is 4.81. The minimum atomic E-state index is -0.0236. The number of anilines is 2. The van der Waals surface area contributed by atoms with E-state index in [1.165, 1.54) is 16.6 Å². The van der Waals surface area contributed by atoms with Crippen molar-refractivity contribution in [3.8, 4) is 0 Å². The van der Waals surface area contributed by atoms with Crippen LogP contribution in [0.2, 0.25) is 0 Å². The maximum Gasteiger partial charge on any atom is 0.238 e. The van der Waals surface area contributed by atoms with Crippen molar-refractivity contribution < 1.29 is 4.79 Å². The van der Waals surface area contributed by atoms with E-state index in [-0.39, 0.29) is 5.91 Å². The van der Waals surface area contributed by atoms with Crippen LogP contribution in [0.1, 0.15) is 19.4 Å². The molecule has 1 amide bonds. The highest BCUT2D eigenvalue weighted by molar-refractivity contribution is 5.92. The summed E-state index contributed by atoms with van der Waals surface area (Å²) in [7, 11) is 0. The topological polar surface area (TPSA) is 60.2 Å². The van der Waals surface area contributed by atoms with Crippen LogP contribution in [0, 0.1) is 0 Å². The third-order valence-corrected chi connectivity index (χ3v) is 4.81. The minimum Gasteiger partial charge on any atom is -0.372 e. The van der Waals surface area contributed by atoms with Crippen molar-refractivity contribution in [1.82, 2.24) is 10.3 Å². The molecule has 0 bridgehead atoms. The first-order valence-corrected chi connectivity index (χ1v) is 9.61. The number of para-hydroxylation sites is 1. The number of aromatic nitrogens is 1. The Bertz CT molecular complexity index is 865. The molecule has 0 saturated heterocycles. The van der Waals surface area contributed by atoms with E-state index in [4.69, 9.17) is 0 Å². The number of benzene rings is 2. The smallest absolute Gasteiger partial charge is 0.238 e. The normalized spacial score (nSPS) is 10.9. The van der Waals surface area contributed by atoms with E-state index in [9.17, 15) is 4.79 Å². The standard InChI is InChI=1S/C22H28N4O/c1-3-26(4-2)19-11-9-18(10-12-19)25-22(27)16-23-14-13-17-15-24-21-8-6-5-7-20(17)21/h5-12,15,23-24H,3-4,13-14,16H2,1-2H3,(H,25,27). The lowest BCUT2D eigenvalue weighted by atomic mass is 10.1. The highest BCUT2D eigenvalue weighted by Crippen LogP contribution is 2.18. The van der Waals surface area contributed by atoms with Gasteiger partial charge in [0, 0.05) is 41.6 Å². The molecule has 3 N–H and O–H groups in total. The maximum atomic E-state index is 12.1. The molecule has 0 aliphatic heterocycles. The summed E-state index contributed by atoms with van der Waals surface area (Å²) >= 11 is 0. The Balaban J connectivity index is 1.43. The minimum absolute atomic E-state index is 0.0236. The summed E-state index contributed by atoms with van der Waals surface area (Å²) in [4.78, 5) is 17.7. The summed E-state index contributed by atoms with van der Waals surface area (Å²) in [5, 5.41) is 7.41. The number of hydrogen-bond donors (Lipinski definition) is 3. The second-order valence-electron chi connectivity index (χ2n) is 6.55. The predicted octanol–water partition coefficient (Wildman–Crippen LogP) is 3.78. The lowest BCUT2D eigenvalue weighted by molar-refractivity contribution is -0.115. The quantitative estimate of drug-likeness (QED) is 0.506. The van der Waals surface area contributed by atoms with E-state index in [1.54, 1.807) is 0 Å². The molecule has 1 heterocycles. The van der Waals surface area contributed by atoms with Crippen LogP contribution in [-0.2, 0) is 11.2 Å². The average Bonchev–Trinajstić information content (AvgIpc) is 3.11. The van der Waals surface area contributed by atoms with E-state index >= 15 is 0 Å². The van der Waals surface area contributed by atoms with Gasteiger partial charge in [-0.2, -0.15) is 0 Å². The zero-order chi connectivity index (χ0) is 19.1. The van der Waals surface area contributed by atoms with Crippen molar-refractivity contribution in [2.75, 3.05) is 36.4 Å². The Morgan fingerprint density at radius 1 is 1.04 bits per heavy atom. The van der Waals surface area contributed by atoms with Gasteiger partial charge in [-0.3, -0.25) is 4.79 Å². The fourth-order valence-corrected chi connectivity index (χ4v) is 3.31. The maximum absolute atomic E-state index is 12.1. The molecule has 3 aromatic rings. The molecule has 142 valence electrons. The number of carbonyl (C=O) groups excluding carboxylic acids is 1. The van der Waals surface area contributed by atoms with Gasteiger partial charge in [-0.1, -0.05) is 18.2 Å². The van der Waals surface area contributed by atoms with Gasteiger partial charge >= 0.3 is 0 Å². The lowest BCUT2D eigenvalue weighted by Crippen LogP contribution is -2.29. The molecule has 0 atom stereocenters. The molecule has 0 aliphatic rings. The molecule has 0 radical (unpaired) electrons. The van der Waals surface area contributed by atoms with Crippen molar-refractivity contribution in [2.45, 2.75) is 20.3 Å². The van der Waals surface area contributed by atoms with Crippen LogP contribution in [0.25, 0.3) is 10.9 Å². The van der Waals surface area contributed by atoms with Crippen molar-refractivity contribution in [1.29, 1.82) is 0 Å². The molecule has 0 aliphatic carbocycles. The lowest BCUT2D eigenvalue weighted by Gasteiger charge is -2.21. The number of rotatable bonds is 9. The van der Waals surface area contributed by atoms with Crippen molar-refractivity contribution in [3.63, 3.8) is 0 Å². The van der Waals surface area contributed by atoms with Crippen molar-refractivity contribution >= 4 is 28.2 Å². The summed E-state index contributed by atoms with van der Waals surface area (Å²) in [6.07, 6.45) is 2.93. The molecule has 0 fully saturated rings. The number of aromatic amines is 1. The third kappa shape index (κ3) is 4.89. The zero-order valence-electron chi connectivity index (χ0n) is 16.1. The molecule has 5 heteroatoms. The van der Waals surface area contributed by atoms with E-state index in [2.05, 4.69) is 46.5 Å². The SMILES string of the molecule is CCN(CC)c1ccc(NC(=O)CNCCc2c[nH]c3ccccc23)cc1. The van der Waals surface area contributed by atoms with Gasteiger partial charge in [-0.25, -0.2) is 0 Å². The number of carbonyl (C=O) groups is 1. The Labute approximate surface area is 160 Å². The molecule has 27 heavy (non-hydrogen) atoms. The Hall–Kier alpha value is -2.79. The van der Waals surface area contributed by atoms with Gasteiger partial charge in [0.25, 0.3) is 0 Å². The highest BCUT2D eigenvalue weighted by Gasteiger charge is 2.06. The molecule has 2 aromatic carbocycles. The van der Waals surface area contributed by atoms with Crippen LogP contribution in [0.3, 0.4) is 0 Å². The van der Waals surface area contributed by atoms with E-state index in [0.717, 1.165) is 37.3 Å². The van der Waals surface area contributed by atoms with Crippen LogP contribution in [-0.4, -0.2) is 37.1 Å². The number of nitrogens with one attached hydrogen (secondary N) is 3. The predicted molar refractivity (Wildman–Crippen MR) is 114 cm³/mol. The zero-order valence-corrected chi connectivity index (χ0v) is 16.1. The average molecular weight is 364 g/mol. The first-order valence-electron chi connectivity index (χ1n) is 9.61. The highest BCUT2D eigenvalue weighted by atomic mass is 16.1. The van der Waals surface area contributed by atoms with Gasteiger partial charge < -0.3 is 20.5 Å².